The van der Waals surface area contributed by atoms with Crippen LogP contribution in [0.15, 0.2) is 0 Å². The number of carbonyl (C=O) groups excluding carboxylic acids is 1. The predicted molar refractivity (Wildman–Crippen MR) is 92.6 cm³/mol. The topological polar surface area (TPSA) is 66.8 Å². The molecule has 9 atom stereocenters. The minimum atomic E-state index is -1.05. The Kier molecular flexibility index (Phi) is 3.13. The SMILES string of the molecule is CC(=O)[C@H]1CC[C@H]2[C@@H]3CC[C@H]4C[C@]5(O)CC[C@]4(C)[C@]3(O5)[C@H](O)C[C@]12C. The summed E-state index contributed by atoms with van der Waals surface area (Å²) in [7, 11) is 0. The van der Waals surface area contributed by atoms with E-state index in [0.29, 0.717) is 24.7 Å². The van der Waals surface area contributed by atoms with Crippen molar-refractivity contribution in [3.05, 3.63) is 0 Å². The normalized spacial score (nSPS) is 62.4. The van der Waals surface area contributed by atoms with E-state index in [9.17, 15) is 15.0 Å². The van der Waals surface area contributed by atoms with E-state index in [1.54, 1.807) is 6.92 Å². The molecule has 0 amide bonds. The summed E-state index contributed by atoms with van der Waals surface area (Å²) in [6, 6.07) is 0. The van der Waals surface area contributed by atoms with Gasteiger partial charge in [-0.3, -0.25) is 4.79 Å². The minimum absolute atomic E-state index is 0.0462. The van der Waals surface area contributed by atoms with Gasteiger partial charge in [-0.2, -0.15) is 0 Å². The van der Waals surface area contributed by atoms with E-state index in [1.165, 1.54) is 0 Å². The molecule has 0 aromatic carbocycles. The van der Waals surface area contributed by atoms with Crippen molar-refractivity contribution < 1.29 is 19.7 Å². The van der Waals surface area contributed by atoms with Crippen molar-refractivity contribution in [1.82, 2.24) is 0 Å². The number of hydrogen-bond acceptors (Lipinski definition) is 4. The molecule has 1 spiro atoms. The van der Waals surface area contributed by atoms with Crippen molar-refractivity contribution in [2.75, 3.05) is 0 Å². The number of hydrogen-bond donors (Lipinski definition) is 2. The fourth-order valence-electron chi connectivity index (χ4n) is 8.57. The van der Waals surface area contributed by atoms with Crippen LogP contribution in [0.5, 0.6) is 0 Å². The van der Waals surface area contributed by atoms with E-state index >= 15 is 0 Å². The maximum absolute atomic E-state index is 12.3. The van der Waals surface area contributed by atoms with Crippen LogP contribution >= 0.6 is 0 Å². The number of aliphatic hydroxyl groups is 2. The largest absolute Gasteiger partial charge is 0.390 e. The molecule has 4 bridgehead atoms. The molecule has 2 saturated heterocycles. The summed E-state index contributed by atoms with van der Waals surface area (Å²) < 4.78 is 6.52. The molecule has 6 fully saturated rings. The van der Waals surface area contributed by atoms with Gasteiger partial charge in [-0.05, 0) is 68.6 Å². The third kappa shape index (κ3) is 1.73. The van der Waals surface area contributed by atoms with Crippen LogP contribution in [0.1, 0.15) is 72.1 Å². The quantitative estimate of drug-likeness (QED) is 0.764. The van der Waals surface area contributed by atoms with E-state index in [-0.39, 0.29) is 28.4 Å². The molecule has 2 aliphatic heterocycles. The molecule has 0 aromatic heterocycles. The summed E-state index contributed by atoms with van der Waals surface area (Å²) in [5.41, 5.74) is -0.778. The molecule has 2 N–H and O–H groups in total. The van der Waals surface area contributed by atoms with E-state index in [1.807, 2.05) is 0 Å². The van der Waals surface area contributed by atoms with Crippen molar-refractivity contribution in [1.29, 1.82) is 0 Å². The van der Waals surface area contributed by atoms with Crippen molar-refractivity contribution >= 4 is 5.78 Å². The number of Topliss-reactive ketones (excluding diaryl/α,β-unsaturated/α-hetero) is 1. The summed E-state index contributed by atoms with van der Waals surface area (Å²) >= 11 is 0. The zero-order valence-electron chi connectivity index (χ0n) is 15.8. The van der Waals surface area contributed by atoms with E-state index in [2.05, 4.69) is 13.8 Å². The summed E-state index contributed by atoms with van der Waals surface area (Å²) in [6.07, 6.45) is 6.61. The highest BCUT2D eigenvalue weighted by atomic mass is 16.7. The van der Waals surface area contributed by atoms with Gasteiger partial charge in [0.15, 0.2) is 5.79 Å². The highest BCUT2D eigenvalue weighted by molar-refractivity contribution is 5.79. The molecule has 2 heterocycles. The predicted octanol–water partition coefficient (Wildman–Crippen LogP) is 3.05. The van der Waals surface area contributed by atoms with Gasteiger partial charge in [0, 0.05) is 24.2 Å². The van der Waals surface area contributed by atoms with E-state index in [0.717, 1.165) is 38.5 Å². The molecule has 0 radical (unpaired) electrons. The highest BCUT2D eigenvalue weighted by Crippen LogP contribution is 2.74. The number of ether oxygens (including phenoxy) is 1. The molecule has 0 aromatic rings. The first-order valence-electron chi connectivity index (χ1n) is 10.3. The maximum Gasteiger partial charge on any atom is 0.166 e. The van der Waals surface area contributed by atoms with Crippen LogP contribution in [0.3, 0.4) is 0 Å². The smallest absolute Gasteiger partial charge is 0.166 e. The first kappa shape index (κ1) is 16.7. The lowest BCUT2D eigenvalue weighted by Crippen LogP contribution is -2.78. The lowest BCUT2D eigenvalue weighted by molar-refractivity contribution is -0.436. The number of fused-ring (bicyclic) bond motifs is 3. The molecule has 4 aliphatic carbocycles. The van der Waals surface area contributed by atoms with Crippen molar-refractivity contribution in [2.45, 2.75) is 89.6 Å². The second kappa shape index (κ2) is 4.69. The van der Waals surface area contributed by atoms with Gasteiger partial charge in [0.05, 0.1) is 6.10 Å². The van der Waals surface area contributed by atoms with Crippen LogP contribution in [-0.4, -0.2) is 33.5 Å². The number of rotatable bonds is 1. The molecule has 25 heavy (non-hydrogen) atoms. The van der Waals surface area contributed by atoms with Crippen LogP contribution in [0, 0.1) is 34.5 Å². The molecule has 6 rings (SSSR count). The standard InChI is InChI=1S/C21H32O4/c1-12(22)14-6-7-15-16-5-4-13-10-20(24)9-8-19(13,3)21(16,25-20)17(23)11-18(14,15)2/h13-17,23-24H,4-11H2,1-3H3/t13-,14+,15-,16-,17+,18+,19-,20-,21+/m0/s1. The second-order valence-electron chi connectivity index (χ2n) is 10.4. The Bertz CT molecular complexity index is 633. The first-order chi connectivity index (χ1) is 11.7. The Balaban J connectivity index is 1.63. The molecule has 4 saturated carbocycles. The van der Waals surface area contributed by atoms with Crippen LogP contribution in [0.25, 0.3) is 0 Å². The Hall–Kier alpha value is -0.450. The molecular weight excluding hydrogens is 316 g/mol. The van der Waals surface area contributed by atoms with Gasteiger partial charge in [-0.15, -0.1) is 0 Å². The van der Waals surface area contributed by atoms with Gasteiger partial charge >= 0.3 is 0 Å². The van der Waals surface area contributed by atoms with Gasteiger partial charge in [0.2, 0.25) is 0 Å². The Labute approximate surface area is 150 Å². The Morgan fingerprint density at radius 2 is 1.76 bits per heavy atom. The second-order valence-corrected chi connectivity index (χ2v) is 10.4. The zero-order valence-corrected chi connectivity index (χ0v) is 15.8. The van der Waals surface area contributed by atoms with Crippen LogP contribution < -0.4 is 0 Å². The summed E-state index contributed by atoms with van der Waals surface area (Å²) in [5, 5.41) is 22.5. The molecule has 0 unspecified atom stereocenters. The van der Waals surface area contributed by atoms with Crippen LogP contribution in [-0.2, 0) is 9.53 Å². The first-order valence-corrected chi connectivity index (χ1v) is 10.3. The minimum Gasteiger partial charge on any atom is -0.390 e. The lowest BCUT2D eigenvalue weighted by Gasteiger charge is -2.74. The molecule has 4 heteroatoms. The fourth-order valence-corrected chi connectivity index (χ4v) is 8.57. The molecule has 6 aliphatic rings. The molecule has 4 nitrogen and oxygen atoms in total. The van der Waals surface area contributed by atoms with Gasteiger partial charge in [-0.1, -0.05) is 13.8 Å². The molecule has 140 valence electrons. The number of ketones is 1. The molecular formula is C21H32O4. The Morgan fingerprint density at radius 3 is 2.48 bits per heavy atom. The van der Waals surface area contributed by atoms with E-state index < -0.39 is 17.5 Å². The summed E-state index contributed by atoms with van der Waals surface area (Å²) in [6.45, 7) is 6.26. The summed E-state index contributed by atoms with van der Waals surface area (Å²) in [5.74, 6) is 0.426. The van der Waals surface area contributed by atoms with Gasteiger partial charge in [0.1, 0.15) is 11.4 Å². The monoisotopic (exact) mass is 348 g/mol. The van der Waals surface area contributed by atoms with Crippen molar-refractivity contribution in [3.8, 4) is 0 Å². The van der Waals surface area contributed by atoms with Gasteiger partial charge < -0.3 is 14.9 Å². The van der Waals surface area contributed by atoms with Crippen molar-refractivity contribution in [2.24, 2.45) is 34.5 Å². The third-order valence-electron chi connectivity index (χ3n) is 9.64. The highest BCUT2D eigenvalue weighted by Gasteiger charge is 2.76. The number of aliphatic hydroxyl groups excluding tert-OH is 1. The average Bonchev–Trinajstić information content (AvgIpc) is 2.85. The van der Waals surface area contributed by atoms with Crippen LogP contribution in [0.2, 0.25) is 0 Å². The lowest BCUT2D eigenvalue weighted by atomic mass is 9.39. The average molecular weight is 348 g/mol. The number of carbonyl (C=O) groups is 1. The van der Waals surface area contributed by atoms with E-state index in [4.69, 9.17) is 4.74 Å². The maximum atomic E-state index is 12.3. The third-order valence-corrected chi connectivity index (χ3v) is 9.64. The van der Waals surface area contributed by atoms with Crippen LogP contribution in [0.4, 0.5) is 0 Å². The van der Waals surface area contributed by atoms with Gasteiger partial charge in [0.25, 0.3) is 0 Å². The van der Waals surface area contributed by atoms with Crippen molar-refractivity contribution in [3.63, 3.8) is 0 Å². The zero-order chi connectivity index (χ0) is 17.8. The summed E-state index contributed by atoms with van der Waals surface area (Å²) in [4.78, 5) is 12.3. The fraction of sp³-hybridized carbons (Fsp3) is 0.952. The Morgan fingerprint density at radius 1 is 1.04 bits per heavy atom. The van der Waals surface area contributed by atoms with Gasteiger partial charge in [-0.25, -0.2) is 0 Å².